The molecule has 2 aromatic heterocycles. The van der Waals surface area contributed by atoms with Crippen LogP contribution in [-0.2, 0) is 0 Å². The number of nitrogens with zero attached hydrogens (tertiary/aromatic N) is 4. The molecule has 1 saturated heterocycles. The highest BCUT2D eigenvalue weighted by atomic mass is 79.9. The predicted molar refractivity (Wildman–Crippen MR) is 90.4 cm³/mol. The lowest BCUT2D eigenvalue weighted by atomic mass is 9.96. The summed E-state index contributed by atoms with van der Waals surface area (Å²) in [6.45, 7) is 2.19. The van der Waals surface area contributed by atoms with Crippen LogP contribution in [0.4, 0.5) is 5.82 Å². The Morgan fingerprint density at radius 1 is 1.38 bits per heavy atom. The van der Waals surface area contributed by atoms with Crippen molar-refractivity contribution in [3.63, 3.8) is 0 Å². The third kappa shape index (κ3) is 3.74. The second-order valence-corrected chi connectivity index (χ2v) is 6.37. The molecule has 0 bridgehead atoms. The lowest BCUT2D eigenvalue weighted by molar-refractivity contribution is 0.0916. The molecule has 0 aliphatic carbocycles. The summed E-state index contributed by atoms with van der Waals surface area (Å²) in [5, 5.41) is 12.0. The molecule has 0 saturated carbocycles. The first-order chi connectivity index (χ1) is 11.7. The van der Waals surface area contributed by atoms with E-state index in [0.717, 1.165) is 25.9 Å². The Morgan fingerprint density at radius 2 is 2.12 bits per heavy atom. The zero-order valence-electron chi connectivity index (χ0n) is 12.9. The molecule has 1 fully saturated rings. The maximum absolute atomic E-state index is 12.0. The van der Waals surface area contributed by atoms with Crippen LogP contribution in [0.1, 0.15) is 29.1 Å². The number of rotatable bonds is 4. The maximum Gasteiger partial charge on any atom is 0.287 e. The van der Waals surface area contributed by atoms with Gasteiger partial charge in [0.2, 0.25) is 0 Å². The van der Waals surface area contributed by atoms with Crippen LogP contribution >= 0.6 is 15.9 Å². The Labute approximate surface area is 147 Å². The van der Waals surface area contributed by atoms with Gasteiger partial charge in [0.25, 0.3) is 5.91 Å². The number of nitriles is 1. The van der Waals surface area contributed by atoms with Crippen molar-refractivity contribution in [2.45, 2.75) is 12.8 Å². The minimum atomic E-state index is -0.205. The lowest BCUT2D eigenvalue weighted by Crippen LogP contribution is -2.39. The van der Waals surface area contributed by atoms with Gasteiger partial charge in [-0.05, 0) is 46.8 Å². The maximum atomic E-state index is 12.0. The van der Waals surface area contributed by atoms with Gasteiger partial charge in [0, 0.05) is 32.0 Å². The summed E-state index contributed by atoms with van der Waals surface area (Å²) < 4.78 is 5.78. The van der Waals surface area contributed by atoms with Gasteiger partial charge < -0.3 is 14.6 Å². The van der Waals surface area contributed by atoms with Crippen molar-refractivity contribution in [1.29, 1.82) is 5.26 Å². The van der Waals surface area contributed by atoms with E-state index in [0.29, 0.717) is 34.4 Å². The Hall–Kier alpha value is -2.40. The summed E-state index contributed by atoms with van der Waals surface area (Å²) >= 11 is 3.18. The summed E-state index contributed by atoms with van der Waals surface area (Å²) in [5.41, 5.74) is 0.354. The van der Waals surface area contributed by atoms with Crippen molar-refractivity contribution in [3.8, 4) is 6.07 Å². The van der Waals surface area contributed by atoms with Crippen LogP contribution in [0, 0.1) is 17.2 Å². The molecule has 0 aromatic carbocycles. The van der Waals surface area contributed by atoms with Crippen LogP contribution in [0.5, 0.6) is 0 Å². The SMILES string of the molecule is N#Cc1nccnc1N1CCC(CNC(=O)c2ccc(Br)o2)CC1. The third-order valence-electron chi connectivity index (χ3n) is 4.05. The van der Waals surface area contributed by atoms with E-state index in [1.165, 1.54) is 6.20 Å². The monoisotopic (exact) mass is 389 g/mol. The van der Waals surface area contributed by atoms with Gasteiger partial charge >= 0.3 is 0 Å². The first kappa shape index (κ1) is 16.5. The second-order valence-electron chi connectivity index (χ2n) is 5.58. The first-order valence-electron chi connectivity index (χ1n) is 7.67. The van der Waals surface area contributed by atoms with Gasteiger partial charge in [0.1, 0.15) is 6.07 Å². The molecule has 0 unspecified atom stereocenters. The molecule has 8 heteroatoms. The molecule has 3 rings (SSSR count). The fraction of sp³-hybridized carbons (Fsp3) is 0.375. The molecule has 1 N–H and O–H groups in total. The largest absolute Gasteiger partial charge is 0.444 e. The van der Waals surface area contributed by atoms with Gasteiger partial charge in [0.05, 0.1) is 0 Å². The van der Waals surface area contributed by atoms with Crippen molar-refractivity contribution in [1.82, 2.24) is 15.3 Å². The topological polar surface area (TPSA) is 95.0 Å². The first-order valence-corrected chi connectivity index (χ1v) is 8.46. The molecule has 124 valence electrons. The Morgan fingerprint density at radius 3 is 2.79 bits per heavy atom. The number of aromatic nitrogens is 2. The van der Waals surface area contributed by atoms with Crippen molar-refractivity contribution in [2.24, 2.45) is 5.92 Å². The number of hydrogen-bond donors (Lipinski definition) is 1. The van der Waals surface area contributed by atoms with E-state index in [-0.39, 0.29) is 5.91 Å². The van der Waals surface area contributed by atoms with Gasteiger partial charge in [-0.15, -0.1) is 0 Å². The molecule has 0 atom stereocenters. The van der Waals surface area contributed by atoms with Crippen LogP contribution in [0.15, 0.2) is 33.6 Å². The highest BCUT2D eigenvalue weighted by Gasteiger charge is 2.23. The standard InChI is InChI=1S/C16H16BrN5O2/c17-14-2-1-13(24-14)16(23)21-10-11-3-7-22(8-4-11)15-12(9-18)19-5-6-20-15/h1-2,5-6,11H,3-4,7-8,10H2,(H,21,23). The minimum absolute atomic E-state index is 0.205. The van der Waals surface area contributed by atoms with Crippen LogP contribution in [-0.4, -0.2) is 35.5 Å². The molecule has 24 heavy (non-hydrogen) atoms. The van der Waals surface area contributed by atoms with E-state index in [4.69, 9.17) is 9.68 Å². The summed E-state index contributed by atoms with van der Waals surface area (Å²) in [7, 11) is 0. The molecular formula is C16H16BrN5O2. The predicted octanol–water partition coefficient (Wildman–Crippen LogP) is 2.35. The van der Waals surface area contributed by atoms with Crippen molar-refractivity contribution in [3.05, 3.63) is 40.7 Å². The number of hydrogen-bond acceptors (Lipinski definition) is 6. The van der Waals surface area contributed by atoms with Gasteiger partial charge in [-0.25, -0.2) is 9.97 Å². The second kappa shape index (κ2) is 7.45. The number of amides is 1. The van der Waals surface area contributed by atoms with Gasteiger partial charge in [-0.1, -0.05) is 0 Å². The van der Waals surface area contributed by atoms with Crippen LogP contribution in [0.25, 0.3) is 0 Å². The number of halogens is 1. The Kier molecular flexibility index (Phi) is 5.11. The molecule has 0 radical (unpaired) electrons. The van der Waals surface area contributed by atoms with Gasteiger partial charge in [-0.2, -0.15) is 5.26 Å². The van der Waals surface area contributed by atoms with Crippen molar-refractivity contribution in [2.75, 3.05) is 24.5 Å². The number of nitrogens with one attached hydrogen (secondary N) is 1. The molecule has 3 heterocycles. The van der Waals surface area contributed by atoms with E-state index in [1.807, 2.05) is 0 Å². The molecule has 1 aliphatic rings. The van der Waals surface area contributed by atoms with Crippen LogP contribution in [0.2, 0.25) is 0 Å². The Balaban J connectivity index is 1.50. The summed E-state index contributed by atoms with van der Waals surface area (Å²) in [5.74, 6) is 1.13. The molecule has 1 aliphatic heterocycles. The van der Waals surface area contributed by atoms with Crippen molar-refractivity contribution >= 4 is 27.7 Å². The van der Waals surface area contributed by atoms with Crippen molar-refractivity contribution < 1.29 is 9.21 Å². The number of carbonyl (C=O) groups is 1. The highest BCUT2D eigenvalue weighted by Crippen LogP contribution is 2.23. The average molecular weight is 390 g/mol. The molecule has 1 amide bonds. The van der Waals surface area contributed by atoms with Gasteiger partial charge in [0.15, 0.2) is 21.9 Å². The summed E-state index contributed by atoms with van der Waals surface area (Å²) in [4.78, 5) is 22.4. The van der Waals surface area contributed by atoms with E-state index in [2.05, 4.69) is 42.2 Å². The fourth-order valence-electron chi connectivity index (χ4n) is 2.75. The molecule has 0 spiro atoms. The highest BCUT2D eigenvalue weighted by molar-refractivity contribution is 9.10. The van der Waals surface area contributed by atoms with Crippen LogP contribution in [0.3, 0.4) is 0 Å². The van der Waals surface area contributed by atoms with E-state index in [1.54, 1.807) is 18.3 Å². The minimum Gasteiger partial charge on any atom is -0.444 e. The number of furan rings is 1. The Bertz CT molecular complexity index is 762. The van der Waals surface area contributed by atoms with E-state index in [9.17, 15) is 4.79 Å². The molecule has 2 aromatic rings. The van der Waals surface area contributed by atoms with Crippen LogP contribution < -0.4 is 10.2 Å². The number of piperidine rings is 1. The number of anilines is 1. The molecular weight excluding hydrogens is 374 g/mol. The average Bonchev–Trinajstić information content (AvgIpc) is 3.06. The van der Waals surface area contributed by atoms with Gasteiger partial charge in [-0.3, -0.25) is 4.79 Å². The summed E-state index contributed by atoms with van der Waals surface area (Å²) in [6, 6.07) is 5.41. The van der Waals surface area contributed by atoms with E-state index < -0.39 is 0 Å². The zero-order chi connectivity index (χ0) is 16.9. The quantitative estimate of drug-likeness (QED) is 0.861. The number of carbonyl (C=O) groups excluding carboxylic acids is 1. The lowest BCUT2D eigenvalue weighted by Gasteiger charge is -2.32. The zero-order valence-corrected chi connectivity index (χ0v) is 14.5. The third-order valence-corrected chi connectivity index (χ3v) is 4.47. The van der Waals surface area contributed by atoms with E-state index >= 15 is 0 Å². The summed E-state index contributed by atoms with van der Waals surface area (Å²) in [6.07, 6.45) is 4.97. The smallest absolute Gasteiger partial charge is 0.287 e. The normalized spacial score (nSPS) is 15.1. The fourth-order valence-corrected chi connectivity index (χ4v) is 3.06. The molecule has 7 nitrogen and oxygen atoms in total.